The molecular formula is C26H32N4O3. The Morgan fingerprint density at radius 2 is 1.67 bits per heavy atom. The Hall–Kier alpha value is -3.35. The first kappa shape index (κ1) is 22.8. The van der Waals surface area contributed by atoms with Crippen molar-refractivity contribution < 1.29 is 14.4 Å². The predicted octanol–water partition coefficient (Wildman–Crippen LogP) is 3.29. The van der Waals surface area contributed by atoms with Crippen molar-refractivity contribution in [2.24, 2.45) is 11.8 Å². The fraction of sp³-hybridized carbons (Fsp3) is 0.423. The van der Waals surface area contributed by atoms with Crippen LogP contribution in [-0.2, 0) is 14.4 Å². The lowest BCUT2D eigenvalue weighted by atomic mass is 10.1. The summed E-state index contributed by atoms with van der Waals surface area (Å²) in [4.78, 5) is 43.8. The number of nitrogens with one attached hydrogen (secondary N) is 1. The van der Waals surface area contributed by atoms with Crippen molar-refractivity contribution >= 4 is 34.8 Å². The van der Waals surface area contributed by atoms with Gasteiger partial charge in [-0.25, -0.2) is 0 Å². The molecule has 0 aliphatic carbocycles. The number of anilines is 3. The monoisotopic (exact) mass is 448 g/mol. The van der Waals surface area contributed by atoms with E-state index in [-0.39, 0.29) is 36.0 Å². The molecule has 0 unspecified atom stereocenters. The molecule has 7 heteroatoms. The molecule has 0 aromatic heterocycles. The molecule has 1 atom stereocenters. The molecule has 174 valence electrons. The highest BCUT2D eigenvalue weighted by Gasteiger charge is 2.38. The van der Waals surface area contributed by atoms with Crippen LogP contribution in [0.3, 0.4) is 0 Å². The number of hydrogen-bond acceptors (Lipinski definition) is 4. The summed E-state index contributed by atoms with van der Waals surface area (Å²) in [6, 6.07) is 15.7. The first-order valence-electron chi connectivity index (χ1n) is 11.6. The van der Waals surface area contributed by atoms with Gasteiger partial charge in [0.2, 0.25) is 17.7 Å². The molecule has 0 saturated carbocycles. The normalized spacial score (nSPS) is 18.7. The fourth-order valence-corrected chi connectivity index (χ4v) is 4.36. The van der Waals surface area contributed by atoms with Crippen LogP contribution in [0.2, 0.25) is 0 Å². The van der Waals surface area contributed by atoms with Crippen LogP contribution in [0.15, 0.2) is 48.5 Å². The van der Waals surface area contributed by atoms with Crippen LogP contribution in [0.1, 0.15) is 25.8 Å². The summed E-state index contributed by atoms with van der Waals surface area (Å²) in [6.45, 7) is 9.01. The molecule has 2 aliphatic rings. The molecule has 1 N–H and O–H groups in total. The van der Waals surface area contributed by atoms with E-state index in [1.54, 1.807) is 17.0 Å². The van der Waals surface area contributed by atoms with Crippen LogP contribution in [0.25, 0.3) is 0 Å². The summed E-state index contributed by atoms with van der Waals surface area (Å²) >= 11 is 0. The van der Waals surface area contributed by atoms with E-state index in [1.807, 2.05) is 30.9 Å². The highest BCUT2D eigenvalue weighted by atomic mass is 16.2. The summed E-state index contributed by atoms with van der Waals surface area (Å²) in [5, 5.41) is 2.87. The molecule has 2 heterocycles. The van der Waals surface area contributed by atoms with Gasteiger partial charge in [0.15, 0.2) is 0 Å². The van der Waals surface area contributed by atoms with Crippen LogP contribution in [0.4, 0.5) is 17.1 Å². The molecule has 0 spiro atoms. The Bertz CT molecular complexity index is 1030. The molecule has 2 saturated heterocycles. The first-order chi connectivity index (χ1) is 15.8. The lowest BCUT2D eigenvalue weighted by Gasteiger charge is -2.37. The summed E-state index contributed by atoms with van der Waals surface area (Å²) in [5.74, 6) is -0.539. The summed E-state index contributed by atoms with van der Waals surface area (Å²) in [6.07, 6.45) is 0.222. The lowest BCUT2D eigenvalue weighted by Crippen LogP contribution is -2.50. The maximum Gasteiger partial charge on any atom is 0.228 e. The van der Waals surface area contributed by atoms with Gasteiger partial charge in [0.05, 0.1) is 5.92 Å². The molecule has 2 aromatic rings. The Kier molecular flexibility index (Phi) is 6.67. The van der Waals surface area contributed by atoms with Crippen molar-refractivity contribution in [2.75, 3.05) is 47.8 Å². The zero-order valence-electron chi connectivity index (χ0n) is 19.6. The van der Waals surface area contributed by atoms with E-state index in [0.717, 1.165) is 13.1 Å². The molecule has 4 rings (SSSR count). The molecule has 3 amide bonds. The van der Waals surface area contributed by atoms with Gasteiger partial charge in [0.1, 0.15) is 0 Å². The number of benzene rings is 2. The van der Waals surface area contributed by atoms with Crippen molar-refractivity contribution in [3.05, 3.63) is 54.1 Å². The molecule has 33 heavy (non-hydrogen) atoms. The van der Waals surface area contributed by atoms with Gasteiger partial charge in [0, 0.05) is 62.1 Å². The summed E-state index contributed by atoms with van der Waals surface area (Å²) in [5.41, 5.74) is 3.78. The van der Waals surface area contributed by atoms with E-state index in [1.165, 1.54) is 11.3 Å². The van der Waals surface area contributed by atoms with E-state index in [4.69, 9.17) is 0 Å². The van der Waals surface area contributed by atoms with Gasteiger partial charge in [-0.3, -0.25) is 14.4 Å². The molecule has 0 bridgehead atoms. The SMILES string of the molecule is Cc1ccc(N2CCN(C(=O)[C@H]3CC(=O)N(c4cccc(NC(=O)C(C)C)c4)C3)CC2)cc1. The number of nitrogens with zero attached hydrogens (tertiary/aromatic N) is 3. The molecule has 0 radical (unpaired) electrons. The second-order valence-electron chi connectivity index (χ2n) is 9.25. The maximum atomic E-state index is 13.2. The molecule has 2 aromatic carbocycles. The highest BCUT2D eigenvalue weighted by Crippen LogP contribution is 2.29. The largest absolute Gasteiger partial charge is 0.368 e. The fourth-order valence-electron chi connectivity index (χ4n) is 4.36. The van der Waals surface area contributed by atoms with E-state index in [2.05, 4.69) is 41.4 Å². The van der Waals surface area contributed by atoms with E-state index in [9.17, 15) is 14.4 Å². The third kappa shape index (κ3) is 5.18. The second-order valence-corrected chi connectivity index (χ2v) is 9.25. The van der Waals surface area contributed by atoms with Gasteiger partial charge < -0.3 is 20.0 Å². The van der Waals surface area contributed by atoms with Gasteiger partial charge in [0.25, 0.3) is 0 Å². The minimum absolute atomic E-state index is 0.0543. The minimum atomic E-state index is -0.336. The molecule has 7 nitrogen and oxygen atoms in total. The number of rotatable bonds is 5. The van der Waals surface area contributed by atoms with Crippen LogP contribution < -0.4 is 15.1 Å². The zero-order chi connectivity index (χ0) is 23.5. The summed E-state index contributed by atoms with van der Waals surface area (Å²) < 4.78 is 0. The minimum Gasteiger partial charge on any atom is -0.368 e. The number of carbonyl (C=O) groups is 3. The van der Waals surface area contributed by atoms with Gasteiger partial charge in [-0.2, -0.15) is 0 Å². The Morgan fingerprint density at radius 3 is 2.33 bits per heavy atom. The van der Waals surface area contributed by atoms with Crippen LogP contribution in [0.5, 0.6) is 0 Å². The van der Waals surface area contributed by atoms with Crippen LogP contribution in [-0.4, -0.2) is 55.3 Å². The molecule has 2 aliphatic heterocycles. The van der Waals surface area contributed by atoms with Gasteiger partial charge >= 0.3 is 0 Å². The topological polar surface area (TPSA) is 73.0 Å². The molecular weight excluding hydrogens is 416 g/mol. The van der Waals surface area contributed by atoms with E-state index in [0.29, 0.717) is 31.0 Å². The third-order valence-electron chi connectivity index (χ3n) is 6.41. The van der Waals surface area contributed by atoms with E-state index >= 15 is 0 Å². The average Bonchev–Trinajstić information content (AvgIpc) is 3.21. The molecule has 2 fully saturated rings. The standard InChI is InChI=1S/C26H32N4O3/c1-18(2)25(32)27-21-5-4-6-23(16-21)30-17-20(15-24(30)31)26(33)29-13-11-28(12-14-29)22-9-7-19(3)8-10-22/h4-10,16,18,20H,11-15,17H2,1-3H3,(H,27,32)/t20-/m0/s1. The Morgan fingerprint density at radius 1 is 0.970 bits per heavy atom. The third-order valence-corrected chi connectivity index (χ3v) is 6.41. The van der Waals surface area contributed by atoms with Crippen molar-refractivity contribution in [1.82, 2.24) is 4.90 Å². The van der Waals surface area contributed by atoms with Crippen molar-refractivity contribution in [1.29, 1.82) is 0 Å². The summed E-state index contributed by atoms with van der Waals surface area (Å²) in [7, 11) is 0. The van der Waals surface area contributed by atoms with Crippen molar-refractivity contribution in [3.63, 3.8) is 0 Å². The number of piperazine rings is 1. The zero-order valence-corrected chi connectivity index (χ0v) is 19.6. The Balaban J connectivity index is 1.36. The first-order valence-corrected chi connectivity index (χ1v) is 11.6. The second kappa shape index (κ2) is 9.65. The van der Waals surface area contributed by atoms with Gasteiger partial charge in [-0.1, -0.05) is 37.6 Å². The van der Waals surface area contributed by atoms with Gasteiger partial charge in [-0.15, -0.1) is 0 Å². The lowest BCUT2D eigenvalue weighted by molar-refractivity contribution is -0.136. The van der Waals surface area contributed by atoms with Crippen molar-refractivity contribution in [3.8, 4) is 0 Å². The van der Waals surface area contributed by atoms with Crippen LogP contribution >= 0.6 is 0 Å². The quantitative estimate of drug-likeness (QED) is 0.762. The number of amides is 3. The number of hydrogen-bond donors (Lipinski definition) is 1. The van der Waals surface area contributed by atoms with Crippen molar-refractivity contribution in [2.45, 2.75) is 27.2 Å². The number of aryl methyl sites for hydroxylation is 1. The maximum absolute atomic E-state index is 13.2. The van der Waals surface area contributed by atoms with Gasteiger partial charge in [-0.05, 0) is 37.3 Å². The van der Waals surface area contributed by atoms with Crippen LogP contribution in [0, 0.1) is 18.8 Å². The highest BCUT2D eigenvalue weighted by molar-refractivity contribution is 6.01. The van der Waals surface area contributed by atoms with E-state index < -0.39 is 0 Å². The predicted molar refractivity (Wildman–Crippen MR) is 130 cm³/mol. The Labute approximate surface area is 195 Å². The average molecular weight is 449 g/mol. The smallest absolute Gasteiger partial charge is 0.228 e. The number of carbonyl (C=O) groups excluding carboxylic acids is 3.